The number of pyridine rings is 1. The van der Waals surface area contributed by atoms with Crippen molar-refractivity contribution in [2.24, 2.45) is 10.8 Å². The van der Waals surface area contributed by atoms with Gasteiger partial charge in [0.1, 0.15) is 11.6 Å². The lowest BCUT2D eigenvalue weighted by Gasteiger charge is -2.11. The number of carbonyl (C=O) groups is 1. The third-order valence-electron chi connectivity index (χ3n) is 4.74. The van der Waals surface area contributed by atoms with Crippen LogP contribution in [0.3, 0.4) is 0 Å². The standard InChI is InChI=1S/C15H22FN3O/c1-6-17-11-10(7-9(16)8-18-11)12(20)19-13-14(2,3)15(13,4)5/h7-8,13H,6H2,1-5H3,(H,17,18)(H,19,20). The van der Waals surface area contributed by atoms with Crippen LogP contribution in [-0.2, 0) is 0 Å². The van der Waals surface area contributed by atoms with Gasteiger partial charge in [-0.25, -0.2) is 9.37 Å². The molecule has 0 aromatic carbocycles. The molecule has 1 aliphatic carbocycles. The Bertz CT molecular complexity index is 526. The minimum Gasteiger partial charge on any atom is -0.370 e. The van der Waals surface area contributed by atoms with Crippen LogP contribution in [0.2, 0.25) is 0 Å². The fraction of sp³-hybridized carbons (Fsp3) is 0.600. The van der Waals surface area contributed by atoms with Crippen molar-refractivity contribution in [1.29, 1.82) is 0 Å². The number of nitrogens with zero attached hydrogens (tertiary/aromatic N) is 1. The van der Waals surface area contributed by atoms with Crippen LogP contribution in [-0.4, -0.2) is 23.5 Å². The van der Waals surface area contributed by atoms with Crippen LogP contribution in [0.25, 0.3) is 0 Å². The van der Waals surface area contributed by atoms with Crippen LogP contribution in [0.15, 0.2) is 12.3 Å². The van der Waals surface area contributed by atoms with E-state index in [0.717, 1.165) is 6.20 Å². The van der Waals surface area contributed by atoms with Crippen molar-refractivity contribution >= 4 is 11.7 Å². The Labute approximate surface area is 119 Å². The smallest absolute Gasteiger partial charge is 0.255 e. The highest BCUT2D eigenvalue weighted by Crippen LogP contribution is 2.62. The Morgan fingerprint density at radius 3 is 2.45 bits per heavy atom. The van der Waals surface area contributed by atoms with Gasteiger partial charge in [0.25, 0.3) is 5.91 Å². The number of halogens is 1. The quantitative estimate of drug-likeness (QED) is 0.891. The number of hydrogen-bond donors (Lipinski definition) is 2. The second kappa shape index (κ2) is 4.72. The first-order valence-corrected chi connectivity index (χ1v) is 6.92. The average Bonchev–Trinajstić information content (AvgIpc) is 2.74. The molecule has 2 N–H and O–H groups in total. The van der Waals surface area contributed by atoms with Crippen molar-refractivity contribution in [2.75, 3.05) is 11.9 Å². The summed E-state index contributed by atoms with van der Waals surface area (Å²) in [6.45, 7) is 11.0. The summed E-state index contributed by atoms with van der Waals surface area (Å²) in [6, 6.07) is 1.31. The van der Waals surface area contributed by atoms with Gasteiger partial charge in [-0.15, -0.1) is 0 Å². The van der Waals surface area contributed by atoms with Gasteiger partial charge in [0.2, 0.25) is 0 Å². The Morgan fingerprint density at radius 2 is 1.95 bits per heavy atom. The normalized spacial score (nSPS) is 19.5. The molecule has 1 amide bonds. The topological polar surface area (TPSA) is 54.0 Å². The van der Waals surface area contributed by atoms with Crippen molar-refractivity contribution in [3.63, 3.8) is 0 Å². The molecule has 110 valence electrons. The fourth-order valence-corrected chi connectivity index (χ4v) is 2.69. The lowest BCUT2D eigenvalue weighted by atomic mass is 10.0. The van der Waals surface area contributed by atoms with Crippen LogP contribution in [0.4, 0.5) is 10.2 Å². The number of carbonyl (C=O) groups excluding carboxylic acids is 1. The summed E-state index contributed by atoms with van der Waals surface area (Å²) >= 11 is 0. The molecule has 0 saturated heterocycles. The number of rotatable bonds is 4. The van der Waals surface area contributed by atoms with E-state index in [2.05, 4.69) is 43.3 Å². The molecule has 1 aromatic heterocycles. The van der Waals surface area contributed by atoms with Gasteiger partial charge in [0.15, 0.2) is 0 Å². The summed E-state index contributed by atoms with van der Waals surface area (Å²) in [5.41, 5.74) is 0.342. The highest BCUT2D eigenvalue weighted by atomic mass is 19.1. The molecular formula is C15H22FN3O. The maximum atomic E-state index is 13.3. The Morgan fingerprint density at radius 1 is 1.35 bits per heavy atom. The van der Waals surface area contributed by atoms with E-state index in [1.54, 1.807) is 0 Å². The molecule has 5 heteroatoms. The number of nitrogens with one attached hydrogen (secondary N) is 2. The second-order valence-corrected chi connectivity index (χ2v) is 6.43. The average molecular weight is 279 g/mol. The largest absolute Gasteiger partial charge is 0.370 e. The molecule has 1 saturated carbocycles. The summed E-state index contributed by atoms with van der Waals surface area (Å²) in [5.74, 6) is -0.370. The molecule has 1 fully saturated rings. The summed E-state index contributed by atoms with van der Waals surface area (Å²) in [4.78, 5) is 16.3. The number of aromatic nitrogens is 1. The highest BCUT2D eigenvalue weighted by Gasteiger charge is 2.65. The van der Waals surface area contributed by atoms with Gasteiger partial charge in [-0.2, -0.15) is 0 Å². The van der Waals surface area contributed by atoms with Crippen molar-refractivity contribution in [2.45, 2.75) is 40.7 Å². The van der Waals surface area contributed by atoms with Gasteiger partial charge in [0.05, 0.1) is 11.8 Å². The molecule has 1 aliphatic rings. The van der Waals surface area contributed by atoms with Crippen molar-refractivity contribution in [1.82, 2.24) is 10.3 Å². The first kappa shape index (κ1) is 14.8. The van der Waals surface area contributed by atoms with E-state index in [1.807, 2.05) is 6.92 Å². The molecule has 0 unspecified atom stereocenters. The molecule has 1 aromatic rings. The molecular weight excluding hydrogens is 257 g/mol. The van der Waals surface area contributed by atoms with E-state index in [-0.39, 0.29) is 28.3 Å². The number of hydrogen-bond acceptors (Lipinski definition) is 3. The van der Waals surface area contributed by atoms with Gasteiger partial charge in [-0.1, -0.05) is 27.7 Å². The minimum absolute atomic E-state index is 0.0434. The van der Waals surface area contributed by atoms with Gasteiger partial charge < -0.3 is 10.6 Å². The van der Waals surface area contributed by atoms with Crippen molar-refractivity contribution < 1.29 is 9.18 Å². The summed E-state index contributed by atoms with van der Waals surface area (Å²) in [6.07, 6.45) is 1.11. The zero-order valence-electron chi connectivity index (χ0n) is 12.7. The van der Waals surface area contributed by atoms with Crippen LogP contribution < -0.4 is 10.6 Å². The Hall–Kier alpha value is -1.65. The zero-order chi connectivity index (χ0) is 15.1. The summed E-state index contributed by atoms with van der Waals surface area (Å²) < 4.78 is 13.3. The lowest BCUT2D eigenvalue weighted by Crippen LogP contribution is -2.30. The van der Waals surface area contributed by atoms with Crippen LogP contribution in [0.5, 0.6) is 0 Å². The summed E-state index contributed by atoms with van der Waals surface area (Å²) in [5, 5.41) is 5.97. The predicted octanol–water partition coefficient (Wildman–Crippen LogP) is 2.82. The van der Waals surface area contributed by atoms with Crippen molar-refractivity contribution in [3.8, 4) is 0 Å². The first-order chi connectivity index (χ1) is 9.21. The molecule has 0 aliphatic heterocycles. The number of amides is 1. The van der Waals surface area contributed by atoms with Crippen molar-refractivity contribution in [3.05, 3.63) is 23.6 Å². The molecule has 0 bridgehead atoms. The third-order valence-corrected chi connectivity index (χ3v) is 4.74. The van der Waals surface area contributed by atoms with Crippen LogP contribution in [0, 0.1) is 16.6 Å². The Balaban J connectivity index is 2.20. The molecule has 4 nitrogen and oxygen atoms in total. The fourth-order valence-electron chi connectivity index (χ4n) is 2.69. The molecule has 0 radical (unpaired) electrons. The molecule has 0 atom stereocenters. The lowest BCUT2D eigenvalue weighted by molar-refractivity contribution is 0.0943. The monoisotopic (exact) mass is 279 g/mol. The Kier molecular flexibility index (Phi) is 3.48. The second-order valence-electron chi connectivity index (χ2n) is 6.43. The van der Waals surface area contributed by atoms with E-state index in [1.165, 1.54) is 6.07 Å². The van der Waals surface area contributed by atoms with E-state index in [4.69, 9.17) is 0 Å². The highest BCUT2D eigenvalue weighted by molar-refractivity contribution is 5.99. The SMILES string of the molecule is CCNc1ncc(F)cc1C(=O)NC1C(C)(C)C1(C)C. The van der Waals surface area contributed by atoms with Gasteiger partial charge >= 0.3 is 0 Å². The minimum atomic E-state index is -0.508. The maximum Gasteiger partial charge on any atom is 0.255 e. The molecule has 0 spiro atoms. The van der Waals surface area contributed by atoms with Crippen LogP contribution in [0.1, 0.15) is 45.0 Å². The third kappa shape index (κ3) is 2.25. The molecule has 2 rings (SSSR count). The maximum absolute atomic E-state index is 13.3. The predicted molar refractivity (Wildman–Crippen MR) is 77.2 cm³/mol. The first-order valence-electron chi connectivity index (χ1n) is 6.92. The van der Waals surface area contributed by atoms with E-state index in [0.29, 0.717) is 12.4 Å². The van der Waals surface area contributed by atoms with Crippen LogP contribution >= 0.6 is 0 Å². The van der Waals surface area contributed by atoms with E-state index in [9.17, 15) is 9.18 Å². The molecule has 20 heavy (non-hydrogen) atoms. The molecule has 1 heterocycles. The van der Waals surface area contributed by atoms with Gasteiger partial charge in [0, 0.05) is 12.6 Å². The van der Waals surface area contributed by atoms with Gasteiger partial charge in [-0.3, -0.25) is 4.79 Å². The zero-order valence-corrected chi connectivity index (χ0v) is 12.7. The summed E-state index contributed by atoms with van der Waals surface area (Å²) in [7, 11) is 0. The number of anilines is 1. The van der Waals surface area contributed by atoms with Gasteiger partial charge in [-0.05, 0) is 23.8 Å². The van der Waals surface area contributed by atoms with E-state index >= 15 is 0 Å². The van der Waals surface area contributed by atoms with E-state index < -0.39 is 5.82 Å².